The van der Waals surface area contributed by atoms with Crippen LogP contribution in [0.3, 0.4) is 0 Å². The minimum Gasteiger partial charge on any atom is -0.334 e. The highest BCUT2D eigenvalue weighted by atomic mass is 32.2. The van der Waals surface area contributed by atoms with E-state index in [0.717, 1.165) is 25.7 Å². The van der Waals surface area contributed by atoms with Crippen molar-refractivity contribution in [2.75, 3.05) is 6.54 Å². The van der Waals surface area contributed by atoms with Gasteiger partial charge in [0.05, 0.1) is 0 Å². The van der Waals surface area contributed by atoms with Crippen LogP contribution in [-0.4, -0.2) is 30.1 Å². The molecule has 1 heterocycles. The fourth-order valence-electron chi connectivity index (χ4n) is 3.16. The van der Waals surface area contributed by atoms with Crippen LogP contribution in [0.5, 0.6) is 0 Å². The number of sulfonamides is 1. The number of imidazole rings is 1. The predicted molar refractivity (Wildman–Crippen MR) is 82.4 cm³/mol. The van der Waals surface area contributed by atoms with Crippen LogP contribution in [0, 0.1) is 12.8 Å². The monoisotopic (exact) mass is 314 g/mol. The Hall–Kier alpha value is -0.920. The molecule has 0 saturated heterocycles. The Balaban J connectivity index is 2.30. The summed E-state index contributed by atoms with van der Waals surface area (Å²) in [6.07, 6.45) is 5.52. The van der Waals surface area contributed by atoms with E-state index in [4.69, 9.17) is 5.73 Å². The molecule has 0 aromatic carbocycles. The van der Waals surface area contributed by atoms with Gasteiger partial charge in [0.2, 0.25) is 0 Å². The number of rotatable bonds is 5. The predicted octanol–water partition coefficient (Wildman–Crippen LogP) is 1.40. The number of hydrogen-bond acceptors (Lipinski definition) is 4. The molecule has 0 amide bonds. The molecule has 1 aromatic rings. The molecule has 1 fully saturated rings. The lowest BCUT2D eigenvalue weighted by Crippen LogP contribution is -2.59. The van der Waals surface area contributed by atoms with Crippen molar-refractivity contribution in [3.63, 3.8) is 0 Å². The summed E-state index contributed by atoms with van der Waals surface area (Å²) >= 11 is 0. The summed E-state index contributed by atoms with van der Waals surface area (Å²) in [6.45, 7) is 6.87. The fourth-order valence-corrected chi connectivity index (χ4v) is 4.70. The summed E-state index contributed by atoms with van der Waals surface area (Å²) < 4.78 is 30.0. The molecule has 2 rings (SSSR count). The van der Waals surface area contributed by atoms with Crippen molar-refractivity contribution in [3.05, 3.63) is 12.0 Å². The second-order valence-electron chi connectivity index (χ2n) is 6.02. The SMILES string of the molecule is CCn1cc(S(=O)(=O)NC2(CN)CCCCC2C)nc1C. The number of nitrogens with two attached hydrogens (primary N) is 1. The molecule has 7 heteroatoms. The first-order chi connectivity index (χ1) is 9.84. The number of aryl methyl sites for hydroxylation is 2. The van der Waals surface area contributed by atoms with E-state index in [0.29, 0.717) is 18.9 Å². The van der Waals surface area contributed by atoms with Crippen LogP contribution >= 0.6 is 0 Å². The summed E-state index contributed by atoms with van der Waals surface area (Å²) in [5.74, 6) is 0.941. The van der Waals surface area contributed by atoms with Crippen LogP contribution in [0.25, 0.3) is 0 Å². The zero-order valence-electron chi connectivity index (χ0n) is 13.1. The third-order valence-electron chi connectivity index (χ3n) is 4.73. The van der Waals surface area contributed by atoms with E-state index in [1.807, 2.05) is 18.4 Å². The van der Waals surface area contributed by atoms with Crippen molar-refractivity contribution in [3.8, 4) is 0 Å². The molecule has 6 nitrogen and oxygen atoms in total. The van der Waals surface area contributed by atoms with E-state index in [2.05, 4.69) is 16.6 Å². The molecule has 2 unspecified atom stereocenters. The summed E-state index contributed by atoms with van der Waals surface area (Å²) in [6, 6.07) is 0. The van der Waals surface area contributed by atoms with E-state index >= 15 is 0 Å². The number of aromatic nitrogens is 2. The second kappa shape index (κ2) is 6.06. The maximum Gasteiger partial charge on any atom is 0.260 e. The lowest BCUT2D eigenvalue weighted by molar-refractivity contribution is 0.191. The first kappa shape index (κ1) is 16.5. The van der Waals surface area contributed by atoms with E-state index in [9.17, 15) is 8.42 Å². The van der Waals surface area contributed by atoms with Crippen LogP contribution < -0.4 is 10.5 Å². The first-order valence-corrected chi connectivity index (χ1v) is 9.11. The molecule has 0 spiro atoms. The lowest BCUT2D eigenvalue weighted by atomic mass is 9.74. The highest BCUT2D eigenvalue weighted by molar-refractivity contribution is 7.89. The van der Waals surface area contributed by atoms with Gasteiger partial charge in [-0.05, 0) is 32.6 Å². The van der Waals surface area contributed by atoms with Gasteiger partial charge in [0.15, 0.2) is 5.03 Å². The molecule has 1 aromatic heterocycles. The summed E-state index contributed by atoms with van der Waals surface area (Å²) in [5.41, 5.74) is 5.38. The van der Waals surface area contributed by atoms with Crippen LogP contribution in [0.2, 0.25) is 0 Å². The Kier molecular flexibility index (Phi) is 4.75. The second-order valence-corrected chi connectivity index (χ2v) is 7.65. The Morgan fingerprint density at radius 1 is 1.52 bits per heavy atom. The van der Waals surface area contributed by atoms with Gasteiger partial charge >= 0.3 is 0 Å². The molecule has 0 aliphatic heterocycles. The van der Waals surface area contributed by atoms with Crippen LogP contribution in [0.15, 0.2) is 11.2 Å². The fraction of sp³-hybridized carbons (Fsp3) is 0.786. The zero-order chi connectivity index (χ0) is 15.7. The molecule has 1 saturated carbocycles. The van der Waals surface area contributed by atoms with E-state index in [-0.39, 0.29) is 10.9 Å². The van der Waals surface area contributed by atoms with Crippen molar-refractivity contribution < 1.29 is 8.42 Å². The summed E-state index contributed by atoms with van der Waals surface area (Å²) in [4.78, 5) is 4.18. The molecule has 21 heavy (non-hydrogen) atoms. The van der Waals surface area contributed by atoms with Crippen molar-refractivity contribution in [2.45, 2.75) is 63.6 Å². The Bertz CT molecular complexity index is 596. The van der Waals surface area contributed by atoms with Crippen molar-refractivity contribution in [1.82, 2.24) is 14.3 Å². The van der Waals surface area contributed by atoms with Gasteiger partial charge < -0.3 is 10.3 Å². The summed E-state index contributed by atoms with van der Waals surface area (Å²) in [5, 5.41) is 0.0902. The molecule has 1 aliphatic carbocycles. The maximum absolute atomic E-state index is 12.6. The van der Waals surface area contributed by atoms with E-state index in [1.165, 1.54) is 0 Å². The molecule has 0 radical (unpaired) electrons. The molecule has 0 bridgehead atoms. The zero-order valence-corrected chi connectivity index (χ0v) is 13.9. The number of nitrogens with zero attached hydrogens (tertiary/aromatic N) is 2. The third kappa shape index (κ3) is 3.14. The van der Waals surface area contributed by atoms with E-state index < -0.39 is 15.6 Å². The highest BCUT2D eigenvalue weighted by Crippen LogP contribution is 2.34. The van der Waals surface area contributed by atoms with Crippen LogP contribution in [-0.2, 0) is 16.6 Å². The van der Waals surface area contributed by atoms with Crippen molar-refractivity contribution in [1.29, 1.82) is 0 Å². The Morgan fingerprint density at radius 2 is 2.24 bits per heavy atom. The van der Waals surface area contributed by atoms with Gasteiger partial charge in [-0.25, -0.2) is 18.1 Å². The van der Waals surface area contributed by atoms with Gasteiger partial charge in [-0.3, -0.25) is 0 Å². The standard InChI is InChI=1S/C14H26N4O2S/c1-4-18-9-13(16-12(18)3)21(19,20)17-14(10-15)8-6-5-7-11(14)2/h9,11,17H,4-8,10,15H2,1-3H3. The molecule has 3 N–H and O–H groups in total. The van der Waals surface area contributed by atoms with Gasteiger partial charge in [0.1, 0.15) is 5.82 Å². The van der Waals surface area contributed by atoms with Crippen LogP contribution in [0.4, 0.5) is 0 Å². The lowest BCUT2D eigenvalue weighted by Gasteiger charge is -2.42. The smallest absolute Gasteiger partial charge is 0.260 e. The highest BCUT2D eigenvalue weighted by Gasteiger charge is 2.41. The van der Waals surface area contributed by atoms with E-state index in [1.54, 1.807) is 6.20 Å². The van der Waals surface area contributed by atoms with Gasteiger partial charge in [0.25, 0.3) is 10.0 Å². The largest absolute Gasteiger partial charge is 0.334 e. The molecule has 1 aliphatic rings. The average Bonchev–Trinajstić information content (AvgIpc) is 2.83. The number of hydrogen-bond donors (Lipinski definition) is 2. The first-order valence-electron chi connectivity index (χ1n) is 7.62. The molecular weight excluding hydrogens is 288 g/mol. The van der Waals surface area contributed by atoms with Gasteiger partial charge in [-0.2, -0.15) is 0 Å². The summed E-state index contributed by atoms with van der Waals surface area (Å²) in [7, 11) is -3.64. The minimum atomic E-state index is -3.64. The topological polar surface area (TPSA) is 90.0 Å². The Labute approximate surface area is 127 Å². The van der Waals surface area contributed by atoms with Gasteiger partial charge in [0, 0.05) is 24.8 Å². The van der Waals surface area contributed by atoms with Crippen LogP contribution in [0.1, 0.15) is 45.4 Å². The normalized spacial score (nSPS) is 27.0. The quantitative estimate of drug-likeness (QED) is 0.859. The number of nitrogens with one attached hydrogen (secondary N) is 1. The third-order valence-corrected chi connectivity index (χ3v) is 6.15. The maximum atomic E-state index is 12.6. The van der Waals surface area contributed by atoms with Crippen molar-refractivity contribution >= 4 is 10.0 Å². The molecule has 120 valence electrons. The molecular formula is C14H26N4O2S. The van der Waals surface area contributed by atoms with Crippen molar-refractivity contribution in [2.24, 2.45) is 11.7 Å². The average molecular weight is 314 g/mol. The Morgan fingerprint density at radius 3 is 2.76 bits per heavy atom. The minimum absolute atomic E-state index is 0.0902. The molecule has 2 atom stereocenters. The van der Waals surface area contributed by atoms with Gasteiger partial charge in [-0.15, -0.1) is 0 Å². The van der Waals surface area contributed by atoms with Gasteiger partial charge in [-0.1, -0.05) is 19.8 Å².